The van der Waals surface area contributed by atoms with Gasteiger partial charge in [-0.05, 0) is 42.4 Å². The van der Waals surface area contributed by atoms with Crippen molar-refractivity contribution in [2.75, 3.05) is 20.3 Å². The molecule has 0 aliphatic carbocycles. The quantitative estimate of drug-likeness (QED) is 0.386. The number of aromatic nitrogens is 1. The van der Waals surface area contributed by atoms with Gasteiger partial charge in [-0.1, -0.05) is 32.4 Å². The number of hydrogen-bond acceptors (Lipinski definition) is 5. The molecular weight excluding hydrogens is 420 g/mol. The fraction of sp³-hybridized carbons (Fsp3) is 0.500. The Labute approximate surface area is 186 Å². The molecule has 30 heavy (non-hydrogen) atoms. The lowest BCUT2D eigenvalue weighted by atomic mass is 9.95. The molecule has 0 radical (unpaired) electrons. The number of thiazole rings is 1. The molecule has 6 nitrogen and oxygen atoms in total. The standard InChI is InChI=1S/C22H27ClN4O2S/c1-22(2,3)19-13-27(12-15-7-9-29-10-8-15)21(30-19)26-20(25-14-24)17-11-16(23)5-6-18(17)28-4/h5-6,11,13,15H,7-10,12H2,1-4H3. The number of amidine groups is 1. The summed E-state index contributed by atoms with van der Waals surface area (Å²) in [5, 5.41) is 9.82. The van der Waals surface area contributed by atoms with Crippen molar-refractivity contribution in [2.24, 2.45) is 15.9 Å². The highest BCUT2D eigenvalue weighted by Gasteiger charge is 2.21. The van der Waals surface area contributed by atoms with Crippen LogP contribution in [-0.4, -0.2) is 30.7 Å². The van der Waals surface area contributed by atoms with Crippen molar-refractivity contribution in [1.29, 1.82) is 5.26 Å². The monoisotopic (exact) mass is 446 g/mol. The van der Waals surface area contributed by atoms with Crippen molar-refractivity contribution in [1.82, 2.24) is 4.57 Å². The van der Waals surface area contributed by atoms with Crippen molar-refractivity contribution in [3.8, 4) is 11.9 Å². The fourth-order valence-electron chi connectivity index (χ4n) is 3.29. The number of methoxy groups -OCH3 is 1. The zero-order chi connectivity index (χ0) is 21.7. The number of hydrogen-bond donors (Lipinski definition) is 0. The Bertz CT molecular complexity index is 1020. The Hall–Kier alpha value is -2.14. The first-order chi connectivity index (χ1) is 14.3. The fourth-order valence-corrected chi connectivity index (χ4v) is 4.52. The second-order valence-electron chi connectivity index (χ2n) is 8.33. The molecule has 1 fully saturated rings. The lowest BCUT2D eigenvalue weighted by Gasteiger charge is -2.22. The van der Waals surface area contributed by atoms with Gasteiger partial charge in [-0.2, -0.15) is 15.2 Å². The molecule has 0 bridgehead atoms. The van der Waals surface area contributed by atoms with Crippen LogP contribution in [-0.2, 0) is 16.7 Å². The Morgan fingerprint density at radius 3 is 2.73 bits per heavy atom. The van der Waals surface area contributed by atoms with E-state index in [0.29, 0.717) is 28.1 Å². The molecule has 0 N–H and O–H groups in total. The van der Waals surface area contributed by atoms with Crippen LogP contribution in [0.1, 0.15) is 44.1 Å². The van der Waals surface area contributed by atoms with Gasteiger partial charge < -0.3 is 14.0 Å². The number of rotatable bonds is 4. The molecule has 160 valence electrons. The van der Waals surface area contributed by atoms with Crippen LogP contribution in [0.25, 0.3) is 0 Å². The summed E-state index contributed by atoms with van der Waals surface area (Å²) in [7, 11) is 1.57. The van der Waals surface area contributed by atoms with E-state index in [1.807, 2.05) is 6.19 Å². The number of aliphatic imine (C=N–C) groups is 1. The van der Waals surface area contributed by atoms with Crippen LogP contribution in [0.3, 0.4) is 0 Å². The Kier molecular flexibility index (Phi) is 7.35. The molecule has 1 aromatic carbocycles. The average Bonchev–Trinajstić information content (AvgIpc) is 3.11. The van der Waals surface area contributed by atoms with Gasteiger partial charge in [0.2, 0.25) is 6.19 Å². The minimum Gasteiger partial charge on any atom is -0.496 e. The molecule has 3 rings (SSSR count). The van der Waals surface area contributed by atoms with Crippen LogP contribution >= 0.6 is 22.9 Å². The second kappa shape index (κ2) is 9.78. The third-order valence-electron chi connectivity index (χ3n) is 5.01. The molecule has 1 aromatic heterocycles. The summed E-state index contributed by atoms with van der Waals surface area (Å²) in [5.74, 6) is 1.40. The first-order valence-electron chi connectivity index (χ1n) is 9.95. The van der Waals surface area contributed by atoms with Gasteiger partial charge in [0.05, 0.1) is 12.7 Å². The predicted octanol–water partition coefficient (Wildman–Crippen LogP) is 4.76. The van der Waals surface area contributed by atoms with Gasteiger partial charge in [0.15, 0.2) is 10.6 Å². The SMILES string of the molecule is COc1ccc(Cl)cc1C(=NC#N)N=c1sc(C(C)(C)C)cn1CC1CCOCC1. The maximum Gasteiger partial charge on any atom is 0.207 e. The minimum atomic E-state index is -0.00383. The third-order valence-corrected chi connectivity index (χ3v) is 6.70. The Morgan fingerprint density at radius 1 is 1.37 bits per heavy atom. The molecule has 0 atom stereocenters. The number of nitriles is 1. The van der Waals surface area contributed by atoms with Gasteiger partial charge in [0.1, 0.15) is 5.75 Å². The van der Waals surface area contributed by atoms with Crippen molar-refractivity contribution in [3.63, 3.8) is 0 Å². The largest absolute Gasteiger partial charge is 0.496 e. The summed E-state index contributed by atoms with van der Waals surface area (Å²) in [5.41, 5.74) is 0.589. The van der Waals surface area contributed by atoms with Crippen LogP contribution in [0.4, 0.5) is 0 Å². The molecule has 1 aliphatic heterocycles. The van der Waals surface area contributed by atoms with Crippen LogP contribution in [0.15, 0.2) is 34.4 Å². The number of benzene rings is 1. The lowest BCUT2D eigenvalue weighted by molar-refractivity contribution is 0.0610. The molecular formula is C22H27ClN4O2S. The summed E-state index contributed by atoms with van der Waals surface area (Å²) < 4.78 is 13.1. The summed E-state index contributed by atoms with van der Waals surface area (Å²) in [6, 6.07) is 5.22. The maximum atomic E-state index is 9.29. The maximum absolute atomic E-state index is 9.29. The van der Waals surface area contributed by atoms with Crippen molar-refractivity contribution >= 4 is 28.8 Å². The van der Waals surface area contributed by atoms with Crippen LogP contribution in [0.2, 0.25) is 5.02 Å². The predicted molar refractivity (Wildman–Crippen MR) is 120 cm³/mol. The molecule has 0 spiro atoms. The first-order valence-corrected chi connectivity index (χ1v) is 11.1. The molecule has 1 saturated heterocycles. The van der Waals surface area contributed by atoms with E-state index in [1.165, 1.54) is 4.88 Å². The zero-order valence-electron chi connectivity index (χ0n) is 17.8. The summed E-state index contributed by atoms with van der Waals surface area (Å²) in [6.07, 6.45) is 6.12. The lowest BCUT2D eigenvalue weighted by Crippen LogP contribution is -2.25. The highest BCUT2D eigenvalue weighted by molar-refractivity contribution is 7.09. The summed E-state index contributed by atoms with van der Waals surface area (Å²) in [6.45, 7) is 9.02. The van der Waals surface area contributed by atoms with E-state index in [9.17, 15) is 5.26 Å². The number of halogens is 1. The average molecular weight is 447 g/mol. The Balaban J connectivity index is 2.10. The van der Waals surface area contributed by atoms with E-state index in [2.05, 4.69) is 36.5 Å². The smallest absolute Gasteiger partial charge is 0.207 e. The van der Waals surface area contributed by atoms with Gasteiger partial charge in [0, 0.05) is 35.9 Å². The normalized spacial score (nSPS) is 16.5. The van der Waals surface area contributed by atoms with E-state index in [-0.39, 0.29) is 5.41 Å². The highest BCUT2D eigenvalue weighted by atomic mass is 35.5. The van der Waals surface area contributed by atoms with Gasteiger partial charge >= 0.3 is 0 Å². The minimum absolute atomic E-state index is 0.00383. The van der Waals surface area contributed by atoms with Gasteiger partial charge in [-0.15, -0.1) is 11.3 Å². The van der Waals surface area contributed by atoms with Crippen molar-refractivity contribution in [3.05, 3.63) is 44.7 Å². The van der Waals surface area contributed by atoms with E-state index in [1.54, 1.807) is 36.6 Å². The van der Waals surface area contributed by atoms with E-state index >= 15 is 0 Å². The third kappa shape index (κ3) is 5.51. The molecule has 2 aromatic rings. The molecule has 2 heterocycles. The van der Waals surface area contributed by atoms with E-state index in [4.69, 9.17) is 26.1 Å². The van der Waals surface area contributed by atoms with Crippen LogP contribution in [0.5, 0.6) is 5.75 Å². The van der Waals surface area contributed by atoms with Gasteiger partial charge in [-0.3, -0.25) is 0 Å². The molecule has 0 amide bonds. The summed E-state index contributed by atoms with van der Waals surface area (Å²) >= 11 is 7.82. The second-order valence-corrected chi connectivity index (χ2v) is 9.77. The van der Waals surface area contributed by atoms with Crippen LogP contribution < -0.4 is 9.54 Å². The zero-order valence-corrected chi connectivity index (χ0v) is 19.4. The van der Waals surface area contributed by atoms with Crippen molar-refractivity contribution < 1.29 is 9.47 Å². The summed E-state index contributed by atoms with van der Waals surface area (Å²) in [4.78, 5) is 10.8. The molecule has 8 heteroatoms. The Morgan fingerprint density at radius 2 is 2.10 bits per heavy atom. The highest BCUT2D eigenvalue weighted by Crippen LogP contribution is 2.27. The van der Waals surface area contributed by atoms with Gasteiger partial charge in [0.25, 0.3) is 0 Å². The number of nitrogens with zero attached hydrogens (tertiary/aromatic N) is 4. The van der Waals surface area contributed by atoms with Gasteiger partial charge in [-0.25, -0.2) is 0 Å². The topological polar surface area (TPSA) is 71.9 Å². The van der Waals surface area contributed by atoms with Crippen LogP contribution in [0, 0.1) is 17.4 Å². The molecule has 0 unspecified atom stereocenters. The molecule has 1 aliphatic rings. The van der Waals surface area contributed by atoms with E-state index < -0.39 is 0 Å². The van der Waals surface area contributed by atoms with E-state index in [0.717, 1.165) is 37.4 Å². The first kappa shape index (κ1) is 22.5. The number of ether oxygens (including phenoxy) is 2. The molecule has 0 saturated carbocycles. The van der Waals surface area contributed by atoms with Crippen molar-refractivity contribution in [2.45, 2.75) is 45.6 Å².